The van der Waals surface area contributed by atoms with Crippen LogP contribution in [0.3, 0.4) is 0 Å². The first-order chi connectivity index (χ1) is 6.29. The van der Waals surface area contributed by atoms with Crippen molar-refractivity contribution in [3.8, 4) is 0 Å². The van der Waals surface area contributed by atoms with Gasteiger partial charge in [-0.1, -0.05) is 0 Å². The molecule has 76 valence electrons. The van der Waals surface area contributed by atoms with Crippen molar-refractivity contribution in [2.45, 2.75) is 0 Å². The van der Waals surface area contributed by atoms with Crippen molar-refractivity contribution in [3.63, 3.8) is 0 Å². The van der Waals surface area contributed by atoms with Crippen LogP contribution in [0.4, 0.5) is 0 Å². The predicted octanol–water partition coefficient (Wildman–Crippen LogP) is -0.930. The molecule has 0 rings (SSSR count). The number of hydrogen-bond acceptors (Lipinski definition) is 7. The Kier molecular flexibility index (Phi) is 3.16. The molecule has 0 amide bonds. The van der Waals surface area contributed by atoms with Crippen LogP contribution in [0.15, 0.2) is 11.5 Å². The molecule has 14 heavy (non-hydrogen) atoms. The Labute approximate surface area is 73.7 Å². The van der Waals surface area contributed by atoms with Crippen LogP contribution in [-0.4, -0.2) is 25.8 Å². The molecule has 0 saturated heterocycles. The molecule has 0 aromatic rings. The van der Waals surface area contributed by atoms with Crippen LogP contribution in [-0.2, 0) is 4.79 Å². The van der Waals surface area contributed by atoms with Gasteiger partial charge in [0.25, 0.3) is 0 Å². The van der Waals surface area contributed by atoms with Gasteiger partial charge in [-0.15, -0.1) is 0 Å². The van der Waals surface area contributed by atoms with Gasteiger partial charge in [-0.3, -0.25) is 30.3 Å². The van der Waals surface area contributed by atoms with Gasteiger partial charge in [0.15, 0.2) is 0 Å². The van der Waals surface area contributed by atoms with E-state index in [1.807, 2.05) is 0 Å². The normalized spacial score (nSPS) is 8.86. The Morgan fingerprint density at radius 2 is 1.29 bits per heavy atom. The molecule has 0 saturated carbocycles. The van der Waals surface area contributed by atoms with Crippen molar-refractivity contribution < 1.29 is 24.7 Å². The molecule has 11 nitrogen and oxygen atoms in total. The van der Waals surface area contributed by atoms with E-state index in [1.54, 1.807) is 0 Å². The Morgan fingerprint density at radius 3 is 1.36 bits per heavy atom. The molecule has 0 atom stereocenters. The summed E-state index contributed by atoms with van der Waals surface area (Å²) in [6.07, 6.45) is 0. The minimum atomic E-state index is -2.35. The highest BCUT2D eigenvalue weighted by atomic mass is 16.7. The van der Waals surface area contributed by atoms with Crippen molar-refractivity contribution in [3.05, 3.63) is 41.9 Å². The Balaban J connectivity index is 5.76. The second kappa shape index (κ2) is 3.88. The SMILES string of the molecule is O=C(O)C(=C([N+](=O)[O-])[N+](=O)[O-])[N+](=O)[O-]. The third-order valence-electron chi connectivity index (χ3n) is 0.943. The molecule has 0 unspecified atom stereocenters. The fourth-order valence-corrected chi connectivity index (χ4v) is 0.495. The van der Waals surface area contributed by atoms with E-state index in [0.717, 1.165) is 0 Å². The lowest BCUT2D eigenvalue weighted by molar-refractivity contribution is -0.629. The lowest BCUT2D eigenvalue weighted by Crippen LogP contribution is -2.22. The zero-order chi connectivity index (χ0) is 11.5. The van der Waals surface area contributed by atoms with Crippen LogP contribution in [0.25, 0.3) is 0 Å². The van der Waals surface area contributed by atoms with E-state index in [1.165, 1.54) is 0 Å². The van der Waals surface area contributed by atoms with Crippen molar-refractivity contribution in [2.24, 2.45) is 0 Å². The summed E-state index contributed by atoms with van der Waals surface area (Å²) in [5.74, 6) is -4.53. The minimum Gasteiger partial charge on any atom is -0.473 e. The first-order valence-electron chi connectivity index (χ1n) is 2.69. The van der Waals surface area contributed by atoms with Crippen LogP contribution >= 0.6 is 0 Å². The number of aliphatic carboxylic acids is 1. The quantitative estimate of drug-likeness (QED) is 0.350. The molecule has 1 N–H and O–H groups in total. The van der Waals surface area contributed by atoms with E-state index in [0.29, 0.717) is 0 Å². The minimum absolute atomic E-state index is 1.71. The Bertz CT molecular complexity index is 289. The fraction of sp³-hybridized carbons (Fsp3) is 0. The average Bonchev–Trinajstić information content (AvgIpc) is 1.96. The number of rotatable bonds is 4. The number of carboxylic acid groups (broad SMARTS) is 1. The standard InChI is InChI=1S/C3HN3O8/c7-3(8)1(4(9)10)2(5(11)12)6(13)14/h(H,7,8). The Morgan fingerprint density at radius 1 is 0.929 bits per heavy atom. The smallest absolute Gasteiger partial charge is 0.473 e. The third kappa shape index (κ3) is 2.20. The summed E-state index contributed by atoms with van der Waals surface area (Å²) in [7, 11) is 0. The molecule has 0 aliphatic rings. The van der Waals surface area contributed by atoms with Gasteiger partial charge in [-0.05, 0) is 0 Å². The summed E-state index contributed by atoms with van der Waals surface area (Å²) < 4.78 is 0. The molecular formula is C3HN3O8. The molecule has 0 aromatic carbocycles. The zero-order valence-electron chi connectivity index (χ0n) is 6.15. The van der Waals surface area contributed by atoms with Crippen LogP contribution < -0.4 is 0 Å². The average molecular weight is 207 g/mol. The monoisotopic (exact) mass is 207 g/mol. The summed E-state index contributed by atoms with van der Waals surface area (Å²) in [6, 6.07) is 0. The highest BCUT2D eigenvalue weighted by Gasteiger charge is 2.46. The summed E-state index contributed by atoms with van der Waals surface area (Å²) in [5.41, 5.74) is -2.08. The lowest BCUT2D eigenvalue weighted by atomic mass is 10.4. The van der Waals surface area contributed by atoms with Crippen molar-refractivity contribution >= 4 is 5.97 Å². The van der Waals surface area contributed by atoms with Gasteiger partial charge in [0.2, 0.25) is 0 Å². The van der Waals surface area contributed by atoms with Crippen LogP contribution in [0.5, 0.6) is 0 Å². The molecule has 0 radical (unpaired) electrons. The third-order valence-corrected chi connectivity index (χ3v) is 0.943. The summed E-state index contributed by atoms with van der Waals surface area (Å²) >= 11 is 0. The zero-order valence-corrected chi connectivity index (χ0v) is 6.15. The Hall–Kier alpha value is -2.59. The number of nitro groups is 3. The number of carboxylic acids is 1. The molecule has 0 aliphatic carbocycles. The van der Waals surface area contributed by atoms with E-state index in [-0.39, 0.29) is 0 Å². The summed E-state index contributed by atoms with van der Waals surface area (Å²) in [5, 5.41) is 37.9. The fourth-order valence-electron chi connectivity index (χ4n) is 0.495. The van der Waals surface area contributed by atoms with Crippen LogP contribution in [0.1, 0.15) is 0 Å². The van der Waals surface area contributed by atoms with Gasteiger partial charge in [-0.2, -0.15) is 0 Å². The number of hydrogen-bond donors (Lipinski definition) is 1. The summed E-state index contributed by atoms with van der Waals surface area (Å²) in [4.78, 5) is 34.7. The lowest BCUT2D eigenvalue weighted by Gasteiger charge is -1.89. The maximum absolute atomic E-state index is 10.1. The van der Waals surface area contributed by atoms with Gasteiger partial charge in [0.05, 0.1) is 4.92 Å². The number of nitrogens with zero attached hydrogens (tertiary/aromatic N) is 3. The molecule has 11 heteroatoms. The first kappa shape index (κ1) is 11.4. The number of carbonyl (C=O) groups is 1. The maximum atomic E-state index is 10.1. The predicted molar refractivity (Wildman–Crippen MR) is 35.6 cm³/mol. The van der Waals surface area contributed by atoms with E-state index in [9.17, 15) is 35.1 Å². The molecule has 0 aromatic heterocycles. The molecular weight excluding hydrogens is 206 g/mol. The highest BCUT2D eigenvalue weighted by Crippen LogP contribution is 2.07. The van der Waals surface area contributed by atoms with Gasteiger partial charge >= 0.3 is 17.5 Å². The van der Waals surface area contributed by atoms with E-state index in [2.05, 4.69) is 0 Å². The summed E-state index contributed by atoms with van der Waals surface area (Å²) in [6.45, 7) is 0. The largest absolute Gasteiger partial charge is 0.645 e. The second-order valence-corrected chi connectivity index (χ2v) is 1.75. The first-order valence-corrected chi connectivity index (χ1v) is 2.69. The maximum Gasteiger partial charge on any atom is 0.645 e. The van der Waals surface area contributed by atoms with Gasteiger partial charge in [-0.25, -0.2) is 4.79 Å². The second-order valence-electron chi connectivity index (χ2n) is 1.75. The molecule has 0 fully saturated rings. The van der Waals surface area contributed by atoms with Gasteiger partial charge in [0.1, 0.15) is 9.85 Å². The molecule has 0 spiro atoms. The molecule has 0 heterocycles. The van der Waals surface area contributed by atoms with E-state index >= 15 is 0 Å². The van der Waals surface area contributed by atoms with Crippen molar-refractivity contribution in [1.29, 1.82) is 0 Å². The molecule has 0 aliphatic heterocycles. The van der Waals surface area contributed by atoms with E-state index < -0.39 is 32.3 Å². The topological polar surface area (TPSA) is 167 Å². The van der Waals surface area contributed by atoms with Crippen molar-refractivity contribution in [2.75, 3.05) is 0 Å². The van der Waals surface area contributed by atoms with Crippen LogP contribution in [0, 0.1) is 30.3 Å². The van der Waals surface area contributed by atoms with Crippen LogP contribution in [0.2, 0.25) is 0 Å². The molecule has 0 bridgehead atoms. The van der Waals surface area contributed by atoms with Crippen molar-refractivity contribution in [1.82, 2.24) is 0 Å². The van der Waals surface area contributed by atoms with Gasteiger partial charge in [0, 0.05) is 0 Å². The highest BCUT2D eigenvalue weighted by molar-refractivity contribution is 5.83. The van der Waals surface area contributed by atoms with E-state index in [4.69, 9.17) is 5.11 Å². The van der Waals surface area contributed by atoms with Gasteiger partial charge < -0.3 is 5.11 Å².